The van der Waals surface area contributed by atoms with Gasteiger partial charge in [-0.1, -0.05) is 18.2 Å². The molecule has 0 radical (unpaired) electrons. The molecule has 7 heteroatoms. The van der Waals surface area contributed by atoms with Crippen LogP contribution >= 0.6 is 11.3 Å². The maximum Gasteiger partial charge on any atom is 0.263 e. The van der Waals surface area contributed by atoms with Crippen molar-refractivity contribution in [2.45, 2.75) is 65.0 Å². The van der Waals surface area contributed by atoms with Crippen LogP contribution in [0.4, 0.5) is 5.69 Å². The first-order valence-corrected chi connectivity index (χ1v) is 12.5. The van der Waals surface area contributed by atoms with Crippen molar-refractivity contribution < 1.29 is 4.79 Å². The van der Waals surface area contributed by atoms with Crippen molar-refractivity contribution in [3.05, 3.63) is 56.4 Å². The SMILES string of the molecule is Cc1ccccc1NC(=O)C(C)n1c(CN2CCCC2)nc2sc3c(c2c1=O)CCCC3. The van der Waals surface area contributed by atoms with Crippen LogP contribution in [0.15, 0.2) is 29.1 Å². The van der Waals surface area contributed by atoms with Crippen LogP contribution in [0.5, 0.6) is 0 Å². The van der Waals surface area contributed by atoms with E-state index in [4.69, 9.17) is 4.98 Å². The summed E-state index contributed by atoms with van der Waals surface area (Å²) in [5, 5.41) is 3.76. The average molecular weight is 451 g/mol. The largest absolute Gasteiger partial charge is 0.324 e. The van der Waals surface area contributed by atoms with Crippen molar-refractivity contribution in [3.8, 4) is 0 Å². The molecule has 32 heavy (non-hydrogen) atoms. The Kier molecular flexibility index (Phi) is 5.86. The minimum absolute atomic E-state index is 0.0592. The maximum absolute atomic E-state index is 13.9. The molecular formula is C25H30N4O2S. The van der Waals surface area contributed by atoms with E-state index in [-0.39, 0.29) is 11.5 Å². The number of aromatic nitrogens is 2. The van der Waals surface area contributed by atoms with Crippen molar-refractivity contribution in [3.63, 3.8) is 0 Å². The summed E-state index contributed by atoms with van der Waals surface area (Å²) in [5.74, 6) is 0.518. The first-order chi connectivity index (χ1) is 15.5. The van der Waals surface area contributed by atoms with Crippen LogP contribution in [0, 0.1) is 6.92 Å². The van der Waals surface area contributed by atoms with E-state index in [9.17, 15) is 9.59 Å². The second kappa shape index (κ2) is 8.79. The van der Waals surface area contributed by atoms with Gasteiger partial charge in [0, 0.05) is 10.6 Å². The van der Waals surface area contributed by atoms with Gasteiger partial charge in [-0.2, -0.15) is 0 Å². The number of para-hydroxylation sites is 1. The Labute approximate surface area is 192 Å². The lowest BCUT2D eigenvalue weighted by Crippen LogP contribution is -2.36. The second-order valence-electron chi connectivity index (χ2n) is 9.06. The Morgan fingerprint density at radius 2 is 1.91 bits per heavy atom. The molecule has 2 aliphatic rings. The van der Waals surface area contributed by atoms with Crippen molar-refractivity contribution in [1.29, 1.82) is 0 Å². The van der Waals surface area contributed by atoms with Crippen LogP contribution in [0.2, 0.25) is 0 Å². The number of thiophene rings is 1. The molecular weight excluding hydrogens is 420 g/mol. The van der Waals surface area contributed by atoms with E-state index in [2.05, 4.69) is 10.2 Å². The van der Waals surface area contributed by atoms with Gasteiger partial charge in [0.1, 0.15) is 16.7 Å². The number of hydrogen-bond donors (Lipinski definition) is 1. The lowest BCUT2D eigenvalue weighted by Gasteiger charge is -2.22. The molecule has 3 aromatic rings. The van der Waals surface area contributed by atoms with E-state index >= 15 is 0 Å². The molecule has 1 unspecified atom stereocenters. The number of nitrogens with zero attached hydrogens (tertiary/aromatic N) is 3. The van der Waals surface area contributed by atoms with Crippen LogP contribution in [-0.4, -0.2) is 33.4 Å². The predicted octanol–water partition coefficient (Wildman–Crippen LogP) is 4.44. The number of carbonyl (C=O) groups is 1. The smallest absolute Gasteiger partial charge is 0.263 e. The Morgan fingerprint density at radius 1 is 1.16 bits per heavy atom. The summed E-state index contributed by atoms with van der Waals surface area (Å²) < 4.78 is 1.66. The number of anilines is 1. The zero-order chi connectivity index (χ0) is 22.2. The number of amides is 1. The zero-order valence-electron chi connectivity index (χ0n) is 18.8. The molecule has 1 aromatic carbocycles. The van der Waals surface area contributed by atoms with Gasteiger partial charge >= 0.3 is 0 Å². The molecule has 1 fully saturated rings. The van der Waals surface area contributed by atoms with Gasteiger partial charge in [-0.05, 0) is 82.7 Å². The first kappa shape index (κ1) is 21.3. The number of hydrogen-bond acceptors (Lipinski definition) is 5. The third-order valence-electron chi connectivity index (χ3n) is 6.83. The summed E-state index contributed by atoms with van der Waals surface area (Å²) in [5.41, 5.74) is 2.89. The van der Waals surface area contributed by atoms with E-state index in [1.807, 2.05) is 38.1 Å². The van der Waals surface area contributed by atoms with Gasteiger partial charge < -0.3 is 5.32 Å². The van der Waals surface area contributed by atoms with Crippen molar-refractivity contribution in [1.82, 2.24) is 14.5 Å². The highest BCUT2D eigenvalue weighted by Crippen LogP contribution is 2.34. The summed E-state index contributed by atoms with van der Waals surface area (Å²) in [6, 6.07) is 7.07. The summed E-state index contributed by atoms with van der Waals surface area (Å²) in [4.78, 5) is 36.6. The van der Waals surface area contributed by atoms with E-state index < -0.39 is 6.04 Å². The average Bonchev–Trinajstić information content (AvgIpc) is 3.42. The quantitative estimate of drug-likeness (QED) is 0.624. The highest BCUT2D eigenvalue weighted by Gasteiger charge is 2.27. The van der Waals surface area contributed by atoms with Crippen LogP contribution in [0.25, 0.3) is 10.2 Å². The standard InChI is InChI=1S/C25H30N4O2S/c1-16-9-3-5-11-19(16)26-23(30)17(2)29-21(15-28-13-7-8-14-28)27-24-22(25(29)31)18-10-4-6-12-20(18)32-24/h3,5,9,11,17H,4,6-8,10,12-15H2,1-2H3,(H,26,30). The Balaban J connectivity index is 1.58. The second-order valence-corrected chi connectivity index (χ2v) is 10.1. The number of carbonyl (C=O) groups excluding carboxylic acids is 1. The minimum atomic E-state index is -0.643. The van der Waals surface area contributed by atoms with Crippen molar-refractivity contribution in [2.24, 2.45) is 0 Å². The Bertz CT molecular complexity index is 1220. The molecule has 2 aromatic heterocycles. The summed E-state index contributed by atoms with van der Waals surface area (Å²) in [6.07, 6.45) is 6.58. The molecule has 0 saturated carbocycles. The molecule has 0 spiro atoms. The fraction of sp³-hybridized carbons (Fsp3) is 0.480. The molecule has 1 amide bonds. The number of aryl methyl sites for hydroxylation is 3. The normalized spacial score (nSPS) is 17.4. The number of benzene rings is 1. The Morgan fingerprint density at radius 3 is 2.69 bits per heavy atom. The fourth-order valence-electron chi connectivity index (χ4n) is 4.98. The van der Waals surface area contributed by atoms with Crippen LogP contribution in [-0.2, 0) is 24.2 Å². The van der Waals surface area contributed by atoms with Crippen molar-refractivity contribution in [2.75, 3.05) is 18.4 Å². The number of likely N-dealkylation sites (tertiary alicyclic amines) is 1. The minimum Gasteiger partial charge on any atom is -0.324 e. The molecule has 1 N–H and O–H groups in total. The summed E-state index contributed by atoms with van der Waals surface area (Å²) >= 11 is 1.68. The summed E-state index contributed by atoms with van der Waals surface area (Å²) in [6.45, 7) is 6.42. The summed E-state index contributed by atoms with van der Waals surface area (Å²) in [7, 11) is 0. The van der Waals surface area contributed by atoms with Gasteiger partial charge in [-0.3, -0.25) is 19.1 Å². The topological polar surface area (TPSA) is 67.2 Å². The molecule has 1 atom stereocenters. The number of nitrogens with one attached hydrogen (secondary N) is 1. The van der Waals surface area contributed by atoms with Crippen LogP contribution in [0.1, 0.15) is 60.5 Å². The van der Waals surface area contributed by atoms with Gasteiger partial charge in [0.25, 0.3) is 5.56 Å². The van der Waals surface area contributed by atoms with Crippen molar-refractivity contribution >= 4 is 33.1 Å². The van der Waals surface area contributed by atoms with Gasteiger partial charge in [-0.15, -0.1) is 11.3 Å². The monoisotopic (exact) mass is 450 g/mol. The van der Waals surface area contributed by atoms with Gasteiger partial charge in [0.15, 0.2) is 0 Å². The van der Waals surface area contributed by atoms with E-state index in [0.717, 1.165) is 53.8 Å². The molecule has 3 heterocycles. The molecule has 1 aliphatic carbocycles. The van der Waals surface area contributed by atoms with Gasteiger partial charge in [-0.25, -0.2) is 4.98 Å². The maximum atomic E-state index is 13.9. The number of rotatable bonds is 5. The number of fused-ring (bicyclic) bond motifs is 3. The van der Waals surface area contributed by atoms with E-state index in [1.165, 1.54) is 29.7 Å². The highest BCUT2D eigenvalue weighted by atomic mass is 32.1. The highest BCUT2D eigenvalue weighted by molar-refractivity contribution is 7.18. The van der Waals surface area contributed by atoms with Crippen LogP contribution < -0.4 is 10.9 Å². The molecule has 1 saturated heterocycles. The molecule has 168 valence electrons. The zero-order valence-corrected chi connectivity index (χ0v) is 19.6. The van der Waals surface area contributed by atoms with Crippen LogP contribution in [0.3, 0.4) is 0 Å². The fourth-order valence-corrected chi connectivity index (χ4v) is 6.25. The van der Waals surface area contributed by atoms with E-state index in [0.29, 0.717) is 12.4 Å². The molecule has 1 aliphatic heterocycles. The lowest BCUT2D eigenvalue weighted by atomic mass is 9.97. The molecule has 5 rings (SSSR count). The third kappa shape index (κ3) is 3.88. The van der Waals surface area contributed by atoms with Gasteiger partial charge in [0.05, 0.1) is 11.9 Å². The lowest BCUT2D eigenvalue weighted by molar-refractivity contribution is -0.119. The predicted molar refractivity (Wildman–Crippen MR) is 130 cm³/mol. The molecule has 0 bridgehead atoms. The molecule has 6 nitrogen and oxygen atoms in total. The van der Waals surface area contributed by atoms with E-state index in [1.54, 1.807) is 15.9 Å². The first-order valence-electron chi connectivity index (χ1n) is 11.7. The third-order valence-corrected chi connectivity index (χ3v) is 8.01. The van der Waals surface area contributed by atoms with Gasteiger partial charge in [0.2, 0.25) is 5.91 Å². The Hall–Kier alpha value is -2.51.